The molecular formula is C20H22N2O5S. The highest BCUT2D eigenvalue weighted by Gasteiger charge is 2.28. The lowest BCUT2D eigenvalue weighted by molar-refractivity contribution is -0.141. The van der Waals surface area contributed by atoms with Crippen LogP contribution in [0.3, 0.4) is 0 Å². The van der Waals surface area contributed by atoms with Crippen LogP contribution in [-0.2, 0) is 19.6 Å². The molecule has 2 aromatic rings. The van der Waals surface area contributed by atoms with Gasteiger partial charge in [0.1, 0.15) is 0 Å². The molecule has 7 nitrogen and oxygen atoms in total. The first-order valence-electron chi connectivity index (χ1n) is 8.92. The number of rotatable bonds is 8. The lowest BCUT2D eigenvalue weighted by atomic mass is 10.0. The summed E-state index contributed by atoms with van der Waals surface area (Å²) in [5.41, 5.74) is 1.35. The number of benzene rings is 2. The van der Waals surface area contributed by atoms with Crippen molar-refractivity contribution < 1.29 is 22.7 Å². The minimum atomic E-state index is -3.83. The Morgan fingerprint density at radius 1 is 1.07 bits per heavy atom. The number of carbonyl (C=O) groups excluding carboxylic acids is 2. The Balaban J connectivity index is 1.69. The van der Waals surface area contributed by atoms with Crippen LogP contribution in [0.5, 0.6) is 0 Å². The van der Waals surface area contributed by atoms with Crippen molar-refractivity contribution in [3.8, 4) is 0 Å². The molecule has 0 heterocycles. The fourth-order valence-corrected chi connectivity index (χ4v) is 4.10. The lowest BCUT2D eigenvalue weighted by Gasteiger charge is -2.16. The second kappa shape index (κ2) is 8.43. The maximum atomic E-state index is 12.6. The van der Waals surface area contributed by atoms with Crippen molar-refractivity contribution in [3.63, 3.8) is 0 Å². The molecule has 0 aromatic heterocycles. The zero-order valence-corrected chi connectivity index (χ0v) is 16.2. The molecule has 1 saturated carbocycles. The van der Waals surface area contributed by atoms with E-state index >= 15 is 0 Å². The smallest absolute Gasteiger partial charge is 0.314 e. The van der Waals surface area contributed by atoms with E-state index in [1.165, 1.54) is 19.2 Å². The first kappa shape index (κ1) is 19.9. The van der Waals surface area contributed by atoms with Gasteiger partial charge in [-0.1, -0.05) is 30.3 Å². The highest BCUT2D eigenvalue weighted by Crippen LogP contribution is 2.22. The summed E-state index contributed by atoms with van der Waals surface area (Å²) in [4.78, 5) is 24.1. The number of hydrogen-bond donors (Lipinski definition) is 2. The molecule has 1 amide bonds. The van der Waals surface area contributed by atoms with E-state index < -0.39 is 27.7 Å². The van der Waals surface area contributed by atoms with Gasteiger partial charge in [-0.15, -0.1) is 0 Å². The largest absolute Gasteiger partial charge is 0.469 e. The Labute approximate surface area is 164 Å². The highest BCUT2D eigenvalue weighted by molar-refractivity contribution is 7.92. The van der Waals surface area contributed by atoms with Gasteiger partial charge in [0.15, 0.2) is 0 Å². The molecule has 0 spiro atoms. The van der Waals surface area contributed by atoms with Crippen LogP contribution < -0.4 is 10.0 Å². The minimum absolute atomic E-state index is 0.174. The summed E-state index contributed by atoms with van der Waals surface area (Å²) in [5, 5.41) is 2.87. The Bertz CT molecular complexity index is 938. The van der Waals surface area contributed by atoms with Gasteiger partial charge in [-0.3, -0.25) is 14.3 Å². The number of carbonyl (C=O) groups is 2. The van der Waals surface area contributed by atoms with Crippen LogP contribution >= 0.6 is 0 Å². The number of nitrogens with one attached hydrogen (secondary N) is 2. The molecular weight excluding hydrogens is 380 g/mol. The molecule has 3 rings (SSSR count). The third-order valence-electron chi connectivity index (χ3n) is 4.41. The molecule has 0 radical (unpaired) electrons. The SMILES string of the molecule is COC(=O)C(CS(=O)(=O)Nc1ccc(C(=O)NC2CC2)cc1)c1ccccc1. The number of sulfonamides is 1. The number of amides is 1. The lowest BCUT2D eigenvalue weighted by Crippen LogP contribution is -2.27. The van der Waals surface area contributed by atoms with Gasteiger partial charge in [0.05, 0.1) is 18.8 Å². The van der Waals surface area contributed by atoms with E-state index in [0.717, 1.165) is 12.8 Å². The van der Waals surface area contributed by atoms with Gasteiger partial charge in [0.25, 0.3) is 5.91 Å². The van der Waals surface area contributed by atoms with Crippen LogP contribution in [0.4, 0.5) is 5.69 Å². The van der Waals surface area contributed by atoms with Crippen molar-refractivity contribution in [1.82, 2.24) is 5.32 Å². The van der Waals surface area contributed by atoms with Crippen LogP contribution in [0.2, 0.25) is 0 Å². The molecule has 8 heteroatoms. The Kier molecular flexibility index (Phi) is 5.99. The Morgan fingerprint density at radius 2 is 1.71 bits per heavy atom. The predicted octanol–water partition coefficient (Wildman–Crippen LogP) is 2.28. The normalized spacial score (nSPS) is 14.8. The zero-order chi connectivity index (χ0) is 20.1. The molecule has 28 heavy (non-hydrogen) atoms. The highest BCUT2D eigenvalue weighted by atomic mass is 32.2. The summed E-state index contributed by atoms with van der Waals surface area (Å²) in [6.07, 6.45) is 1.98. The third-order valence-corrected chi connectivity index (χ3v) is 5.73. The van der Waals surface area contributed by atoms with E-state index in [0.29, 0.717) is 16.8 Å². The predicted molar refractivity (Wildman–Crippen MR) is 106 cm³/mol. The molecule has 2 N–H and O–H groups in total. The molecule has 1 aliphatic carbocycles. The number of ether oxygens (including phenoxy) is 1. The standard InChI is InChI=1S/C20H22N2O5S/c1-27-20(24)18(14-5-3-2-4-6-14)13-28(25,26)22-17-9-7-15(8-10-17)19(23)21-16-11-12-16/h2-10,16,18,22H,11-13H2,1H3,(H,21,23). The molecule has 2 aromatic carbocycles. The van der Waals surface area contributed by atoms with E-state index in [2.05, 4.69) is 10.0 Å². The summed E-state index contributed by atoms with van der Waals surface area (Å²) in [5.74, 6) is -2.18. The van der Waals surface area contributed by atoms with Crippen LogP contribution in [0.15, 0.2) is 54.6 Å². The van der Waals surface area contributed by atoms with Gasteiger partial charge in [-0.05, 0) is 42.7 Å². The van der Waals surface area contributed by atoms with Gasteiger partial charge < -0.3 is 10.1 Å². The van der Waals surface area contributed by atoms with Crippen LogP contribution in [0.1, 0.15) is 34.7 Å². The van der Waals surface area contributed by atoms with Gasteiger partial charge >= 0.3 is 5.97 Å². The zero-order valence-electron chi connectivity index (χ0n) is 15.4. The molecule has 0 saturated heterocycles. The van der Waals surface area contributed by atoms with Gasteiger partial charge in [0, 0.05) is 17.3 Å². The first-order valence-corrected chi connectivity index (χ1v) is 10.6. The summed E-state index contributed by atoms with van der Waals surface area (Å²) in [7, 11) is -2.60. The number of hydrogen-bond acceptors (Lipinski definition) is 5. The molecule has 0 aliphatic heterocycles. The van der Waals surface area contributed by atoms with E-state index in [4.69, 9.17) is 4.74 Å². The number of anilines is 1. The first-order chi connectivity index (χ1) is 13.4. The van der Waals surface area contributed by atoms with Gasteiger partial charge in [0.2, 0.25) is 10.0 Å². The van der Waals surface area contributed by atoms with Crippen LogP contribution in [0, 0.1) is 0 Å². The second-order valence-corrected chi connectivity index (χ2v) is 8.46. The number of methoxy groups -OCH3 is 1. The van der Waals surface area contributed by atoms with Crippen molar-refractivity contribution in [3.05, 3.63) is 65.7 Å². The molecule has 1 atom stereocenters. The van der Waals surface area contributed by atoms with E-state index in [1.807, 2.05) is 0 Å². The number of esters is 1. The molecule has 148 valence electrons. The van der Waals surface area contributed by atoms with Crippen molar-refractivity contribution >= 4 is 27.6 Å². The Morgan fingerprint density at radius 3 is 2.29 bits per heavy atom. The van der Waals surface area contributed by atoms with E-state index in [-0.39, 0.29) is 11.9 Å². The maximum absolute atomic E-state index is 12.6. The topological polar surface area (TPSA) is 102 Å². The van der Waals surface area contributed by atoms with Crippen molar-refractivity contribution in [2.75, 3.05) is 17.6 Å². The quantitative estimate of drug-likeness (QED) is 0.660. The molecule has 1 aliphatic rings. The summed E-state index contributed by atoms with van der Waals surface area (Å²) in [6, 6.07) is 15.0. The van der Waals surface area contributed by atoms with Gasteiger partial charge in [-0.2, -0.15) is 0 Å². The Hall–Kier alpha value is -2.87. The molecule has 1 unspecified atom stereocenters. The van der Waals surface area contributed by atoms with Gasteiger partial charge in [-0.25, -0.2) is 8.42 Å². The average molecular weight is 402 g/mol. The monoisotopic (exact) mass is 402 g/mol. The molecule has 0 bridgehead atoms. The fraction of sp³-hybridized carbons (Fsp3) is 0.300. The van der Waals surface area contributed by atoms with Crippen LogP contribution in [0.25, 0.3) is 0 Å². The fourth-order valence-electron chi connectivity index (χ4n) is 2.75. The maximum Gasteiger partial charge on any atom is 0.314 e. The second-order valence-electron chi connectivity index (χ2n) is 6.69. The summed E-state index contributed by atoms with van der Waals surface area (Å²) in [6.45, 7) is 0. The van der Waals surface area contributed by atoms with Crippen molar-refractivity contribution in [2.45, 2.75) is 24.8 Å². The van der Waals surface area contributed by atoms with Crippen molar-refractivity contribution in [1.29, 1.82) is 0 Å². The summed E-state index contributed by atoms with van der Waals surface area (Å²) < 4.78 is 32.4. The summed E-state index contributed by atoms with van der Waals surface area (Å²) >= 11 is 0. The average Bonchev–Trinajstić information content (AvgIpc) is 3.50. The van der Waals surface area contributed by atoms with Crippen molar-refractivity contribution in [2.24, 2.45) is 0 Å². The van der Waals surface area contributed by atoms with E-state index in [9.17, 15) is 18.0 Å². The third kappa shape index (κ3) is 5.32. The van der Waals surface area contributed by atoms with E-state index in [1.54, 1.807) is 42.5 Å². The minimum Gasteiger partial charge on any atom is -0.469 e. The van der Waals surface area contributed by atoms with Crippen LogP contribution in [-0.4, -0.2) is 39.2 Å². The molecule has 1 fully saturated rings.